The van der Waals surface area contributed by atoms with Gasteiger partial charge < -0.3 is 19.9 Å². The van der Waals surface area contributed by atoms with Crippen LogP contribution in [-0.4, -0.2) is 42.1 Å². The molecule has 0 radical (unpaired) electrons. The van der Waals surface area contributed by atoms with Crippen molar-refractivity contribution in [2.75, 3.05) is 18.6 Å². The second-order valence-corrected chi connectivity index (χ2v) is 11.8. The monoisotopic (exact) mass is 539 g/mol. The van der Waals surface area contributed by atoms with Crippen molar-refractivity contribution in [3.05, 3.63) is 77.8 Å². The zero-order valence-corrected chi connectivity index (χ0v) is 23.9. The molecular formula is C33H37N3O4. The fourth-order valence-electron chi connectivity index (χ4n) is 7.29. The number of carbonyl (C=O) groups excluding carboxylic acids is 2. The average Bonchev–Trinajstić information content (AvgIpc) is 3.28. The van der Waals surface area contributed by atoms with Crippen molar-refractivity contribution < 1.29 is 23.9 Å². The van der Waals surface area contributed by atoms with Gasteiger partial charge in [0.05, 0.1) is 7.11 Å². The summed E-state index contributed by atoms with van der Waals surface area (Å²) >= 11 is 0. The summed E-state index contributed by atoms with van der Waals surface area (Å²) < 4.78 is 11.5. The molecular weight excluding hydrogens is 502 g/mol. The van der Waals surface area contributed by atoms with Crippen LogP contribution in [0, 0.1) is 16.7 Å². The zero-order valence-electron chi connectivity index (χ0n) is 23.9. The first kappa shape index (κ1) is 27.6. The van der Waals surface area contributed by atoms with Gasteiger partial charge in [0, 0.05) is 24.1 Å². The predicted molar refractivity (Wildman–Crippen MR) is 155 cm³/mol. The highest BCUT2D eigenvalue weighted by Crippen LogP contribution is 2.72. The Hall–Kier alpha value is -3.96. The van der Waals surface area contributed by atoms with Crippen LogP contribution in [0.4, 0.5) is 5.69 Å². The van der Waals surface area contributed by atoms with Gasteiger partial charge in [-0.15, -0.1) is 0 Å². The highest BCUT2D eigenvalue weighted by atomic mass is 16.5. The number of esters is 1. The maximum atomic E-state index is 13.7. The summed E-state index contributed by atoms with van der Waals surface area (Å²) in [4.78, 5) is 31.9. The molecule has 5 rings (SSSR count). The van der Waals surface area contributed by atoms with Gasteiger partial charge in [0.2, 0.25) is 0 Å². The molecule has 0 aromatic heterocycles. The number of anilines is 1. The Morgan fingerprint density at radius 1 is 1.02 bits per heavy atom. The first-order chi connectivity index (χ1) is 19.2. The Morgan fingerprint density at radius 2 is 1.73 bits per heavy atom. The van der Waals surface area contributed by atoms with Crippen LogP contribution in [0.25, 0.3) is 16.3 Å². The lowest BCUT2D eigenvalue weighted by Crippen LogP contribution is -2.44. The number of nitrogens with zero attached hydrogens (tertiary/aromatic N) is 3. The molecule has 2 aliphatic rings. The Bertz CT molecular complexity index is 1490. The number of benzene rings is 3. The van der Waals surface area contributed by atoms with Crippen molar-refractivity contribution >= 4 is 34.0 Å². The molecule has 2 fully saturated rings. The number of carbonyl (C=O) groups is 2. The molecule has 0 spiro atoms. The van der Waals surface area contributed by atoms with Crippen molar-refractivity contribution in [2.45, 2.75) is 59.0 Å². The van der Waals surface area contributed by atoms with Gasteiger partial charge in [0.1, 0.15) is 11.9 Å². The van der Waals surface area contributed by atoms with E-state index in [1.54, 1.807) is 31.4 Å². The third-order valence-corrected chi connectivity index (χ3v) is 9.76. The summed E-state index contributed by atoms with van der Waals surface area (Å²) in [7, 11) is 1.57. The van der Waals surface area contributed by atoms with Crippen LogP contribution in [0.5, 0.6) is 5.75 Å². The van der Waals surface area contributed by atoms with E-state index in [0.29, 0.717) is 24.4 Å². The number of methoxy groups -OCH3 is 1. The molecule has 7 heteroatoms. The summed E-state index contributed by atoms with van der Waals surface area (Å²) in [5.74, 6) is -0.914. The molecule has 208 valence electrons. The topological polar surface area (TPSA) is 92.2 Å². The van der Waals surface area contributed by atoms with Crippen molar-refractivity contribution in [3.63, 3.8) is 0 Å². The second kappa shape index (κ2) is 10.5. The molecule has 0 unspecified atom stereocenters. The summed E-state index contributed by atoms with van der Waals surface area (Å²) in [6, 6.07) is 21.5. The standard InChI is InChI=1S/C33H37N3O4/c1-6-20-36(22-14-16-23(39-5)17-15-22)30(37)28(35-34)31(38)40-29-26-18-19-33(4,32(26,2)3)27(29)25-13-9-11-21-10-7-8-12-24(21)25/h7-17,26-27,29H,6,18-20H2,1-5H3/t26-,27-,29-,33+/m1/s1. The molecule has 0 N–H and O–H groups in total. The van der Waals surface area contributed by atoms with Crippen LogP contribution in [0.2, 0.25) is 0 Å². The van der Waals surface area contributed by atoms with Gasteiger partial charge in [-0.25, -0.2) is 4.79 Å². The number of rotatable bonds is 8. The van der Waals surface area contributed by atoms with E-state index in [-0.39, 0.29) is 22.7 Å². The maximum absolute atomic E-state index is 13.7. The molecule has 2 saturated carbocycles. The van der Waals surface area contributed by atoms with Crippen LogP contribution < -0.4 is 9.64 Å². The number of hydrogen-bond donors (Lipinski definition) is 0. The molecule has 2 bridgehead atoms. The number of ether oxygens (including phenoxy) is 2. The van der Waals surface area contributed by atoms with Gasteiger partial charge in [-0.2, -0.15) is 4.79 Å². The molecule has 1 amide bonds. The first-order valence-electron chi connectivity index (χ1n) is 14.0. The van der Waals surface area contributed by atoms with Crippen molar-refractivity contribution in [1.29, 1.82) is 0 Å². The minimum absolute atomic E-state index is 0.0697. The molecule has 0 saturated heterocycles. The van der Waals surface area contributed by atoms with E-state index in [0.717, 1.165) is 29.2 Å². The largest absolute Gasteiger partial charge is 0.497 e. The minimum atomic E-state index is -0.899. The maximum Gasteiger partial charge on any atom is 0.463 e. The smallest absolute Gasteiger partial charge is 0.463 e. The van der Waals surface area contributed by atoms with Gasteiger partial charge in [-0.05, 0) is 70.7 Å². The van der Waals surface area contributed by atoms with Gasteiger partial charge in [-0.1, -0.05) is 70.2 Å². The SMILES string of the molecule is CCCN(C(=O)C(=[N+]=[N-])C(=O)O[C@@H]1[C@H]2CC[C@@](C)([C@@H]1c1cccc3ccccc13)C2(C)C)c1ccc(OC)cc1. The normalized spacial score (nSPS) is 24.4. The fraction of sp³-hybridized carbons (Fsp3) is 0.424. The van der Waals surface area contributed by atoms with E-state index in [1.807, 2.05) is 19.1 Å². The van der Waals surface area contributed by atoms with Crippen molar-refractivity contribution in [2.24, 2.45) is 16.7 Å². The molecule has 4 atom stereocenters. The average molecular weight is 540 g/mol. The lowest BCUT2D eigenvalue weighted by molar-refractivity contribution is -0.151. The summed E-state index contributed by atoms with van der Waals surface area (Å²) in [6.45, 7) is 9.09. The molecule has 7 nitrogen and oxygen atoms in total. The lowest BCUT2D eigenvalue weighted by atomic mass is 9.64. The zero-order chi connectivity index (χ0) is 28.7. The Balaban J connectivity index is 1.49. The number of amides is 1. The van der Waals surface area contributed by atoms with E-state index in [9.17, 15) is 15.1 Å². The third kappa shape index (κ3) is 4.29. The second-order valence-electron chi connectivity index (χ2n) is 11.8. The molecule has 2 aliphatic carbocycles. The Morgan fingerprint density at radius 3 is 2.40 bits per heavy atom. The fourth-order valence-corrected chi connectivity index (χ4v) is 7.29. The number of hydrogen-bond acceptors (Lipinski definition) is 4. The van der Waals surface area contributed by atoms with Crippen molar-refractivity contribution in [1.82, 2.24) is 0 Å². The van der Waals surface area contributed by atoms with Crippen LogP contribution in [-0.2, 0) is 14.3 Å². The first-order valence-corrected chi connectivity index (χ1v) is 14.0. The van der Waals surface area contributed by atoms with Gasteiger partial charge >= 0.3 is 17.6 Å². The van der Waals surface area contributed by atoms with E-state index in [4.69, 9.17) is 9.47 Å². The van der Waals surface area contributed by atoms with Gasteiger partial charge in [0.25, 0.3) is 0 Å². The molecule has 0 aliphatic heterocycles. The van der Waals surface area contributed by atoms with E-state index >= 15 is 0 Å². The summed E-state index contributed by atoms with van der Waals surface area (Å²) in [5, 5.41) is 2.28. The van der Waals surface area contributed by atoms with Crippen LogP contribution in [0.15, 0.2) is 66.7 Å². The van der Waals surface area contributed by atoms with E-state index in [1.165, 1.54) is 4.90 Å². The molecule has 40 heavy (non-hydrogen) atoms. The van der Waals surface area contributed by atoms with Crippen molar-refractivity contribution in [3.8, 4) is 5.75 Å². The Labute approximate surface area is 235 Å². The highest BCUT2D eigenvalue weighted by molar-refractivity contribution is 6.64. The van der Waals surface area contributed by atoms with E-state index < -0.39 is 23.7 Å². The van der Waals surface area contributed by atoms with Crippen LogP contribution in [0.1, 0.15) is 58.4 Å². The summed E-state index contributed by atoms with van der Waals surface area (Å²) in [6.07, 6.45) is 2.13. The van der Waals surface area contributed by atoms with Gasteiger partial charge in [0.15, 0.2) is 0 Å². The Kier molecular flexibility index (Phi) is 7.28. The van der Waals surface area contributed by atoms with E-state index in [2.05, 4.69) is 55.9 Å². The quantitative estimate of drug-likeness (QED) is 0.109. The molecule has 3 aromatic rings. The lowest BCUT2D eigenvalue weighted by Gasteiger charge is -2.40. The molecule has 0 heterocycles. The minimum Gasteiger partial charge on any atom is -0.497 e. The highest BCUT2D eigenvalue weighted by Gasteiger charge is 2.68. The summed E-state index contributed by atoms with van der Waals surface area (Å²) in [5.41, 5.74) is 10.8. The van der Waals surface area contributed by atoms with Crippen LogP contribution in [0.3, 0.4) is 0 Å². The third-order valence-electron chi connectivity index (χ3n) is 9.76. The number of fused-ring (bicyclic) bond motifs is 3. The molecule has 3 aromatic carbocycles. The van der Waals surface area contributed by atoms with Gasteiger partial charge in [-0.3, -0.25) is 4.79 Å². The predicted octanol–water partition coefficient (Wildman–Crippen LogP) is 6.41. The van der Waals surface area contributed by atoms with Crippen LogP contribution >= 0.6 is 0 Å².